The Morgan fingerprint density at radius 1 is 0.350 bits per heavy atom. The van der Waals surface area contributed by atoms with Gasteiger partial charge in [-0.15, -0.1) is 0 Å². The van der Waals surface area contributed by atoms with Gasteiger partial charge in [0.15, 0.2) is 0 Å². The number of hydrogen-bond donors (Lipinski definition) is 5. The van der Waals surface area contributed by atoms with Crippen LogP contribution in [0.1, 0.15) is 309 Å². The quantitative estimate of drug-likeness (QED) is 0.0392. The Balaban J connectivity index is 3.60. The molecule has 0 bridgehead atoms. The third-order valence-electron chi connectivity index (χ3n) is 13.3. The highest BCUT2D eigenvalue weighted by Crippen LogP contribution is 2.19. The maximum absolute atomic E-state index is 12.6. The van der Waals surface area contributed by atoms with Gasteiger partial charge in [-0.05, 0) is 12.8 Å². The van der Waals surface area contributed by atoms with Crippen molar-refractivity contribution in [1.29, 1.82) is 0 Å². The van der Waals surface area contributed by atoms with Crippen molar-refractivity contribution in [3.8, 4) is 0 Å². The normalized spacial score (nSPS) is 13.8. The lowest BCUT2D eigenvalue weighted by Crippen LogP contribution is -2.53. The van der Waals surface area contributed by atoms with Gasteiger partial charge in [0.1, 0.15) is 12.2 Å². The fraction of sp³-hybridized carbons (Fsp3) is 0.981. The first-order valence-corrected chi connectivity index (χ1v) is 27.4. The molecule has 0 rings (SSSR count). The minimum Gasteiger partial charge on any atom is -0.394 e. The standard InChI is InChI=1S/C54H109NO5/c1-3-5-7-9-11-13-15-17-19-21-23-25-27-29-31-33-35-37-39-41-43-45-47-51(57)53(59)50(49-56)55-54(60)52(58)48-46-44-42-40-38-36-34-32-30-28-26-24-22-20-18-16-14-12-10-8-6-4-2/h50-53,56-59H,3-49H2,1-2H3,(H,55,60). The zero-order valence-electron chi connectivity index (χ0n) is 40.7. The Morgan fingerprint density at radius 2 is 0.567 bits per heavy atom. The minimum absolute atomic E-state index is 0.376. The molecule has 6 heteroatoms. The molecule has 0 saturated carbocycles. The van der Waals surface area contributed by atoms with E-state index in [2.05, 4.69) is 19.2 Å². The lowest BCUT2D eigenvalue weighted by molar-refractivity contribution is -0.132. The molecule has 0 aromatic rings. The summed E-state index contributed by atoms with van der Waals surface area (Å²) in [5.41, 5.74) is 0. The molecule has 60 heavy (non-hydrogen) atoms. The highest BCUT2D eigenvalue weighted by Gasteiger charge is 2.28. The molecular formula is C54H109NO5. The molecule has 0 heterocycles. The molecule has 4 atom stereocenters. The number of aliphatic hydroxyl groups excluding tert-OH is 4. The predicted molar refractivity (Wildman–Crippen MR) is 261 cm³/mol. The van der Waals surface area contributed by atoms with Crippen LogP contribution in [-0.2, 0) is 4.79 Å². The van der Waals surface area contributed by atoms with E-state index in [0.29, 0.717) is 12.8 Å². The first-order valence-electron chi connectivity index (χ1n) is 27.4. The van der Waals surface area contributed by atoms with Crippen LogP contribution in [0.3, 0.4) is 0 Å². The monoisotopic (exact) mass is 852 g/mol. The summed E-state index contributed by atoms with van der Waals surface area (Å²) in [6.07, 6.45) is 55.9. The second-order valence-corrected chi connectivity index (χ2v) is 19.3. The van der Waals surface area contributed by atoms with E-state index in [1.54, 1.807) is 0 Å². The van der Waals surface area contributed by atoms with E-state index >= 15 is 0 Å². The summed E-state index contributed by atoms with van der Waals surface area (Å²) < 4.78 is 0. The number of rotatable bonds is 51. The van der Waals surface area contributed by atoms with Crippen molar-refractivity contribution in [2.24, 2.45) is 0 Å². The Bertz CT molecular complexity index is 826. The van der Waals surface area contributed by atoms with E-state index < -0.39 is 36.9 Å². The highest BCUT2D eigenvalue weighted by atomic mass is 16.3. The van der Waals surface area contributed by atoms with Gasteiger partial charge in [-0.1, -0.05) is 296 Å². The summed E-state index contributed by atoms with van der Waals surface area (Å²) in [7, 11) is 0. The summed E-state index contributed by atoms with van der Waals surface area (Å²) in [5, 5.41) is 44.0. The van der Waals surface area contributed by atoms with Crippen molar-refractivity contribution < 1.29 is 25.2 Å². The van der Waals surface area contributed by atoms with Gasteiger partial charge in [-0.3, -0.25) is 4.79 Å². The third-order valence-corrected chi connectivity index (χ3v) is 13.3. The number of amides is 1. The van der Waals surface area contributed by atoms with Crippen LogP contribution >= 0.6 is 0 Å². The third kappa shape index (κ3) is 42.6. The van der Waals surface area contributed by atoms with Gasteiger partial charge in [0, 0.05) is 0 Å². The summed E-state index contributed by atoms with van der Waals surface area (Å²) in [5.74, 6) is -0.576. The van der Waals surface area contributed by atoms with Crippen LogP contribution in [0.4, 0.5) is 0 Å². The lowest BCUT2D eigenvalue weighted by atomic mass is 9.99. The number of carbonyl (C=O) groups excluding carboxylic acids is 1. The molecule has 0 aliphatic carbocycles. The molecule has 6 nitrogen and oxygen atoms in total. The zero-order valence-corrected chi connectivity index (χ0v) is 40.7. The van der Waals surface area contributed by atoms with Crippen LogP contribution in [0.5, 0.6) is 0 Å². The fourth-order valence-corrected chi connectivity index (χ4v) is 9.00. The molecule has 0 saturated heterocycles. The molecule has 0 aliphatic rings. The van der Waals surface area contributed by atoms with Gasteiger partial charge in [0.05, 0.1) is 18.8 Å². The highest BCUT2D eigenvalue weighted by molar-refractivity contribution is 5.80. The molecule has 0 radical (unpaired) electrons. The Hall–Kier alpha value is -0.690. The molecular weight excluding hydrogens is 743 g/mol. The van der Waals surface area contributed by atoms with Crippen molar-refractivity contribution in [2.45, 2.75) is 334 Å². The molecule has 5 N–H and O–H groups in total. The predicted octanol–water partition coefficient (Wildman–Crippen LogP) is 15.5. The van der Waals surface area contributed by atoms with Crippen molar-refractivity contribution in [3.63, 3.8) is 0 Å². The molecule has 4 unspecified atom stereocenters. The van der Waals surface area contributed by atoms with Crippen molar-refractivity contribution in [1.82, 2.24) is 5.32 Å². The van der Waals surface area contributed by atoms with E-state index in [9.17, 15) is 25.2 Å². The molecule has 1 amide bonds. The Kier molecular flexibility index (Phi) is 48.8. The number of unbranched alkanes of at least 4 members (excludes halogenated alkanes) is 42. The van der Waals surface area contributed by atoms with Crippen LogP contribution in [-0.4, -0.2) is 57.3 Å². The number of aliphatic hydroxyl groups is 4. The molecule has 0 fully saturated rings. The van der Waals surface area contributed by atoms with Gasteiger partial charge >= 0.3 is 0 Å². The van der Waals surface area contributed by atoms with Gasteiger partial charge in [0.25, 0.3) is 0 Å². The molecule has 0 aromatic heterocycles. The smallest absolute Gasteiger partial charge is 0.249 e. The maximum atomic E-state index is 12.6. The molecule has 0 aromatic carbocycles. The molecule has 360 valence electrons. The first-order chi connectivity index (χ1) is 29.5. The SMILES string of the molecule is CCCCCCCCCCCCCCCCCCCCCCCCC(O)C(=O)NC(CO)C(O)C(O)CCCCCCCCCCCCCCCCCCCCCCCC. The van der Waals surface area contributed by atoms with E-state index in [-0.39, 0.29) is 0 Å². The number of carbonyl (C=O) groups is 1. The van der Waals surface area contributed by atoms with Crippen molar-refractivity contribution >= 4 is 5.91 Å². The van der Waals surface area contributed by atoms with Crippen LogP contribution in [0, 0.1) is 0 Å². The largest absolute Gasteiger partial charge is 0.394 e. The Labute approximate surface area is 375 Å². The van der Waals surface area contributed by atoms with Gasteiger partial charge in [-0.25, -0.2) is 0 Å². The van der Waals surface area contributed by atoms with Crippen LogP contribution < -0.4 is 5.32 Å². The number of nitrogens with one attached hydrogen (secondary N) is 1. The summed E-state index contributed by atoms with van der Waals surface area (Å²) in [4.78, 5) is 12.6. The zero-order chi connectivity index (χ0) is 43.8. The fourth-order valence-electron chi connectivity index (χ4n) is 9.00. The van der Waals surface area contributed by atoms with Crippen molar-refractivity contribution in [2.75, 3.05) is 6.61 Å². The average Bonchev–Trinajstić information content (AvgIpc) is 3.25. The second-order valence-electron chi connectivity index (χ2n) is 19.3. The van der Waals surface area contributed by atoms with Crippen LogP contribution in [0.25, 0.3) is 0 Å². The van der Waals surface area contributed by atoms with Gasteiger partial charge in [-0.2, -0.15) is 0 Å². The molecule has 0 aliphatic heterocycles. The maximum Gasteiger partial charge on any atom is 0.249 e. The summed E-state index contributed by atoms with van der Waals surface area (Å²) in [6.45, 7) is 4.10. The van der Waals surface area contributed by atoms with E-state index in [4.69, 9.17) is 0 Å². The van der Waals surface area contributed by atoms with Gasteiger partial charge in [0.2, 0.25) is 5.91 Å². The lowest BCUT2D eigenvalue weighted by Gasteiger charge is -2.27. The van der Waals surface area contributed by atoms with E-state index in [1.807, 2.05) is 0 Å². The first kappa shape index (κ1) is 59.3. The minimum atomic E-state index is -1.25. The van der Waals surface area contributed by atoms with Gasteiger partial charge < -0.3 is 25.7 Å². The van der Waals surface area contributed by atoms with E-state index in [0.717, 1.165) is 38.5 Å². The Morgan fingerprint density at radius 3 is 0.800 bits per heavy atom. The number of hydrogen-bond acceptors (Lipinski definition) is 5. The van der Waals surface area contributed by atoms with Crippen LogP contribution in [0.2, 0.25) is 0 Å². The van der Waals surface area contributed by atoms with Crippen molar-refractivity contribution in [3.05, 3.63) is 0 Å². The summed E-state index contributed by atoms with van der Waals surface area (Å²) >= 11 is 0. The molecule has 0 spiro atoms. The van der Waals surface area contributed by atoms with Crippen LogP contribution in [0.15, 0.2) is 0 Å². The summed E-state index contributed by atoms with van der Waals surface area (Å²) in [6, 6.07) is -0.980. The topological polar surface area (TPSA) is 110 Å². The van der Waals surface area contributed by atoms with E-state index in [1.165, 1.54) is 244 Å². The second kappa shape index (κ2) is 49.3. The average molecular weight is 852 g/mol.